The Morgan fingerprint density at radius 1 is 0.929 bits per heavy atom. The van der Waals surface area contributed by atoms with Crippen LogP contribution in [0.2, 0.25) is 0 Å². The van der Waals surface area contributed by atoms with Gasteiger partial charge in [-0.2, -0.15) is 8.78 Å². The molecule has 0 saturated heterocycles. The van der Waals surface area contributed by atoms with E-state index in [2.05, 4.69) is 10.1 Å². The number of benzene rings is 2. The van der Waals surface area contributed by atoms with Gasteiger partial charge >= 0.3 is 12.1 Å². The number of halogens is 5. The third kappa shape index (κ3) is 9.68. The van der Waals surface area contributed by atoms with Gasteiger partial charge in [-0.1, -0.05) is 61.1 Å². The molecule has 42 heavy (non-hydrogen) atoms. The van der Waals surface area contributed by atoms with Gasteiger partial charge in [0, 0.05) is 13.0 Å². The van der Waals surface area contributed by atoms with Gasteiger partial charge in [-0.05, 0) is 46.6 Å². The Hall–Kier alpha value is -3.73. The predicted molar refractivity (Wildman–Crippen MR) is 147 cm³/mol. The molecule has 0 fully saturated rings. The van der Waals surface area contributed by atoms with Crippen molar-refractivity contribution in [3.8, 4) is 5.75 Å². The molecule has 2 rings (SSSR count). The number of carbonyl (C=O) groups is 2. The van der Waals surface area contributed by atoms with E-state index in [0.29, 0.717) is 6.42 Å². The molecule has 0 bridgehead atoms. The first kappa shape index (κ1) is 34.5. The van der Waals surface area contributed by atoms with Crippen LogP contribution in [-0.2, 0) is 20.7 Å². The Morgan fingerprint density at radius 2 is 1.48 bits per heavy atom. The van der Waals surface area contributed by atoms with Crippen LogP contribution in [0.25, 0.3) is 0 Å². The number of esters is 1. The van der Waals surface area contributed by atoms with Crippen LogP contribution < -0.4 is 10.1 Å². The van der Waals surface area contributed by atoms with Gasteiger partial charge in [-0.25, -0.2) is 18.0 Å². The van der Waals surface area contributed by atoms with E-state index >= 15 is 0 Å². The highest BCUT2D eigenvalue weighted by Crippen LogP contribution is 2.30. The van der Waals surface area contributed by atoms with Crippen LogP contribution in [0.3, 0.4) is 0 Å². The van der Waals surface area contributed by atoms with Crippen molar-refractivity contribution in [2.24, 2.45) is 11.8 Å². The third-order valence-electron chi connectivity index (χ3n) is 6.23. The van der Waals surface area contributed by atoms with E-state index in [4.69, 9.17) is 9.47 Å². The summed E-state index contributed by atoms with van der Waals surface area (Å²) in [7, 11) is 1.61. The van der Waals surface area contributed by atoms with Crippen LogP contribution in [0, 0.1) is 40.9 Å². The fraction of sp³-hybridized carbons (Fsp3) is 0.419. The number of nitrogens with one attached hydrogen (secondary N) is 1. The maximum Gasteiger partial charge on any atom is 0.408 e. The summed E-state index contributed by atoms with van der Waals surface area (Å²) in [6.07, 6.45) is 4.57. The van der Waals surface area contributed by atoms with Crippen LogP contribution >= 0.6 is 0 Å². The molecule has 4 atom stereocenters. The number of ether oxygens (including phenoxy) is 3. The van der Waals surface area contributed by atoms with Crippen LogP contribution in [0.4, 0.5) is 26.7 Å². The van der Waals surface area contributed by atoms with Gasteiger partial charge in [0.1, 0.15) is 5.60 Å². The minimum absolute atomic E-state index is 0.0475. The third-order valence-corrected chi connectivity index (χ3v) is 6.23. The summed E-state index contributed by atoms with van der Waals surface area (Å²) in [6, 6.07) is 8.63. The van der Waals surface area contributed by atoms with Gasteiger partial charge in [0.15, 0.2) is 0 Å². The molecule has 0 aliphatic heterocycles. The number of alkyl carbamates (subject to hydrolysis) is 1. The summed E-state index contributed by atoms with van der Waals surface area (Å²) in [4.78, 5) is 25.3. The highest BCUT2D eigenvalue weighted by Gasteiger charge is 2.32. The molecular formula is C31H36F5NO5. The summed E-state index contributed by atoms with van der Waals surface area (Å²) in [5, 5.41) is 2.48. The van der Waals surface area contributed by atoms with Crippen LogP contribution in [0.15, 0.2) is 54.1 Å². The van der Waals surface area contributed by atoms with Crippen molar-refractivity contribution in [1.82, 2.24) is 5.32 Å². The quantitative estimate of drug-likeness (QED) is 0.0740. The smallest absolute Gasteiger partial charge is 0.408 e. The van der Waals surface area contributed by atoms with Crippen molar-refractivity contribution in [1.29, 1.82) is 0 Å². The molecule has 2 aromatic rings. The first-order valence-electron chi connectivity index (χ1n) is 13.2. The zero-order valence-electron chi connectivity index (χ0n) is 24.6. The lowest BCUT2D eigenvalue weighted by Gasteiger charge is -2.25. The average Bonchev–Trinajstić information content (AvgIpc) is 2.93. The number of hydrogen-bond donors (Lipinski definition) is 1. The van der Waals surface area contributed by atoms with Gasteiger partial charge < -0.3 is 19.5 Å². The minimum Gasteiger partial charge on any atom is -0.444 e. The van der Waals surface area contributed by atoms with Gasteiger partial charge in [0.25, 0.3) is 0 Å². The summed E-state index contributed by atoms with van der Waals surface area (Å²) < 4.78 is 84.3. The molecule has 0 saturated carbocycles. The highest BCUT2D eigenvalue weighted by molar-refractivity contribution is 5.77. The Morgan fingerprint density at radius 3 is 2.00 bits per heavy atom. The van der Waals surface area contributed by atoms with Gasteiger partial charge in [0.2, 0.25) is 34.8 Å². The van der Waals surface area contributed by atoms with E-state index in [1.54, 1.807) is 40.9 Å². The average molecular weight is 598 g/mol. The minimum atomic E-state index is -2.39. The Bertz CT molecular complexity index is 1280. The van der Waals surface area contributed by atoms with E-state index in [-0.39, 0.29) is 12.0 Å². The largest absolute Gasteiger partial charge is 0.444 e. The topological polar surface area (TPSA) is 73.9 Å². The molecule has 0 radical (unpaired) electrons. The molecule has 1 N–H and O–H groups in total. The van der Waals surface area contributed by atoms with Crippen molar-refractivity contribution in [3.63, 3.8) is 0 Å². The number of rotatable bonds is 11. The van der Waals surface area contributed by atoms with E-state index in [0.717, 1.165) is 11.1 Å². The Labute approximate surface area is 242 Å². The molecule has 230 valence electrons. The number of methoxy groups -OCH3 is 1. The second-order valence-corrected chi connectivity index (χ2v) is 10.9. The van der Waals surface area contributed by atoms with Crippen molar-refractivity contribution in [3.05, 3.63) is 88.8 Å². The van der Waals surface area contributed by atoms with Crippen molar-refractivity contribution < 1.29 is 45.8 Å². The summed E-state index contributed by atoms with van der Waals surface area (Å²) in [5.74, 6) is -16.0. The Kier molecular flexibility index (Phi) is 12.3. The lowest BCUT2D eigenvalue weighted by Crippen LogP contribution is -2.44. The molecule has 0 heterocycles. The van der Waals surface area contributed by atoms with E-state index < -0.39 is 64.5 Å². The molecule has 0 unspecified atom stereocenters. The monoisotopic (exact) mass is 597 g/mol. The van der Waals surface area contributed by atoms with Crippen molar-refractivity contribution >= 4 is 12.1 Å². The molecule has 0 aromatic heterocycles. The zero-order chi connectivity index (χ0) is 31.8. The lowest BCUT2D eigenvalue weighted by atomic mass is 9.95. The number of carbonyl (C=O) groups excluding carboxylic acids is 2. The normalized spacial score (nSPS) is 15.2. The van der Waals surface area contributed by atoms with Crippen LogP contribution in [0.1, 0.15) is 47.1 Å². The van der Waals surface area contributed by atoms with Crippen LogP contribution in [0.5, 0.6) is 5.75 Å². The number of hydrogen-bond acceptors (Lipinski definition) is 5. The maximum atomic E-state index is 14.1. The predicted octanol–water partition coefficient (Wildman–Crippen LogP) is 7.21. The first-order chi connectivity index (χ1) is 19.5. The zero-order valence-corrected chi connectivity index (χ0v) is 24.6. The second-order valence-electron chi connectivity index (χ2n) is 10.9. The first-order valence-corrected chi connectivity index (χ1v) is 13.2. The van der Waals surface area contributed by atoms with E-state index in [1.165, 1.54) is 13.0 Å². The van der Waals surface area contributed by atoms with Gasteiger partial charge in [-0.3, -0.25) is 4.79 Å². The lowest BCUT2D eigenvalue weighted by molar-refractivity contribution is -0.139. The maximum absolute atomic E-state index is 14.1. The summed E-state index contributed by atoms with van der Waals surface area (Å²) in [5.41, 5.74) is 0.936. The fourth-order valence-corrected chi connectivity index (χ4v) is 3.96. The standard InChI is InChI=1S/C31H36F5NO5/c1-17(15-18(2)22(40-7)16-20-11-9-8-10-12-20)13-14-21(37-30(39)42-31(4,5)6)19(3)29(38)41-28-26(35)24(33)23(32)25(34)27(28)36/h8-15,18-19,21-22H,16H2,1-7H3,(H,37,39)/b14-13+,17-15+/t18-,19-,21-,22-/m0/s1. The number of amides is 1. The van der Waals surface area contributed by atoms with E-state index in [1.807, 2.05) is 43.3 Å². The second kappa shape index (κ2) is 14.9. The van der Waals surface area contributed by atoms with Gasteiger partial charge in [-0.15, -0.1) is 0 Å². The molecule has 0 aliphatic carbocycles. The highest BCUT2D eigenvalue weighted by atomic mass is 19.2. The molecular weight excluding hydrogens is 561 g/mol. The van der Waals surface area contributed by atoms with E-state index in [9.17, 15) is 31.5 Å². The molecule has 0 spiro atoms. The summed E-state index contributed by atoms with van der Waals surface area (Å²) >= 11 is 0. The molecule has 2 aromatic carbocycles. The molecule has 6 nitrogen and oxygen atoms in total. The van der Waals surface area contributed by atoms with Crippen molar-refractivity contribution in [2.45, 2.75) is 65.7 Å². The SMILES string of the molecule is CO[C@@H](Cc1ccccc1)[C@@H](C)/C=C(C)/C=C/[C@H](NC(=O)OC(C)(C)C)[C@H](C)C(=O)Oc1c(F)c(F)c(F)c(F)c1F. The summed E-state index contributed by atoms with van der Waals surface area (Å²) in [6.45, 7) is 9.86. The van der Waals surface area contributed by atoms with Crippen molar-refractivity contribution in [2.75, 3.05) is 7.11 Å². The number of allylic oxidation sites excluding steroid dienone is 2. The molecule has 1 amide bonds. The Balaban J connectivity index is 2.30. The van der Waals surface area contributed by atoms with Crippen LogP contribution in [-0.4, -0.2) is 36.9 Å². The van der Waals surface area contributed by atoms with Gasteiger partial charge in [0.05, 0.1) is 18.1 Å². The fourth-order valence-electron chi connectivity index (χ4n) is 3.96. The molecule has 0 aliphatic rings. The molecule has 11 heteroatoms.